The Morgan fingerprint density at radius 2 is 1.58 bits per heavy atom. The Balaban J connectivity index is 2.47. The number of amides is 2. The summed E-state index contributed by atoms with van der Waals surface area (Å²) in [5.74, 6) is -0.332. The van der Waals surface area contributed by atoms with Gasteiger partial charge in [0.05, 0.1) is 11.9 Å². The van der Waals surface area contributed by atoms with Crippen LogP contribution in [0.4, 0.5) is 5.69 Å². The number of hydrogen-bond donors (Lipinski definition) is 1. The zero-order valence-corrected chi connectivity index (χ0v) is 23.4. The van der Waals surface area contributed by atoms with Gasteiger partial charge < -0.3 is 10.2 Å². The van der Waals surface area contributed by atoms with E-state index in [1.807, 2.05) is 77.9 Å². The van der Waals surface area contributed by atoms with E-state index in [1.165, 1.54) is 4.90 Å². The van der Waals surface area contributed by atoms with Gasteiger partial charge in [-0.25, -0.2) is 8.42 Å². The van der Waals surface area contributed by atoms with E-state index >= 15 is 0 Å². The van der Waals surface area contributed by atoms with E-state index in [1.54, 1.807) is 12.1 Å². The number of sulfonamides is 1. The summed E-state index contributed by atoms with van der Waals surface area (Å²) in [5.41, 5.74) is 3.28. The van der Waals surface area contributed by atoms with Crippen LogP contribution in [0.2, 0.25) is 0 Å². The Morgan fingerprint density at radius 1 is 0.972 bits per heavy atom. The van der Waals surface area contributed by atoms with Crippen LogP contribution in [0, 0.1) is 12.8 Å². The van der Waals surface area contributed by atoms with Crippen LogP contribution in [-0.4, -0.2) is 50.5 Å². The van der Waals surface area contributed by atoms with Crippen LogP contribution in [0.1, 0.15) is 63.6 Å². The van der Waals surface area contributed by atoms with Gasteiger partial charge in [-0.2, -0.15) is 0 Å². The molecule has 0 heterocycles. The van der Waals surface area contributed by atoms with Crippen LogP contribution in [0.15, 0.2) is 48.5 Å². The van der Waals surface area contributed by atoms with E-state index in [0.29, 0.717) is 18.7 Å². The first-order valence-corrected chi connectivity index (χ1v) is 14.4. The first-order chi connectivity index (χ1) is 16.8. The molecule has 0 spiro atoms. The maximum Gasteiger partial charge on any atom is 0.244 e. The predicted octanol–water partition coefficient (Wildman–Crippen LogP) is 4.46. The molecule has 0 unspecified atom stereocenters. The minimum atomic E-state index is -3.77. The van der Waals surface area contributed by atoms with Crippen molar-refractivity contribution in [2.75, 3.05) is 23.7 Å². The fourth-order valence-corrected chi connectivity index (χ4v) is 4.90. The van der Waals surface area contributed by atoms with Gasteiger partial charge in [0.1, 0.15) is 12.6 Å². The van der Waals surface area contributed by atoms with Crippen molar-refractivity contribution in [2.24, 2.45) is 5.92 Å². The number of carbonyl (C=O) groups excluding carboxylic acids is 2. The maximum absolute atomic E-state index is 13.8. The molecule has 2 amide bonds. The number of anilines is 1. The molecule has 0 aromatic heterocycles. The molecule has 36 heavy (non-hydrogen) atoms. The summed E-state index contributed by atoms with van der Waals surface area (Å²) in [5, 5.41) is 2.94. The summed E-state index contributed by atoms with van der Waals surface area (Å²) in [6.45, 7) is 12.1. The van der Waals surface area contributed by atoms with Crippen molar-refractivity contribution in [2.45, 2.75) is 66.5 Å². The van der Waals surface area contributed by atoms with E-state index in [-0.39, 0.29) is 30.8 Å². The number of benzene rings is 2. The summed E-state index contributed by atoms with van der Waals surface area (Å²) in [6, 6.07) is 14.3. The third-order valence-corrected chi connectivity index (χ3v) is 7.18. The van der Waals surface area contributed by atoms with Crippen LogP contribution in [0.5, 0.6) is 0 Å². The van der Waals surface area contributed by atoms with Crippen molar-refractivity contribution < 1.29 is 18.0 Å². The van der Waals surface area contributed by atoms with Gasteiger partial charge in [0, 0.05) is 13.1 Å². The van der Waals surface area contributed by atoms with Gasteiger partial charge in [0.25, 0.3) is 0 Å². The normalized spacial score (nSPS) is 12.5. The lowest BCUT2D eigenvalue weighted by molar-refractivity contribution is -0.140. The summed E-state index contributed by atoms with van der Waals surface area (Å²) < 4.78 is 26.9. The molecule has 0 radical (unpaired) electrons. The van der Waals surface area contributed by atoms with Gasteiger partial charge in [0.2, 0.25) is 21.8 Å². The summed E-state index contributed by atoms with van der Waals surface area (Å²) in [7, 11) is -3.77. The highest BCUT2D eigenvalue weighted by molar-refractivity contribution is 7.92. The molecule has 0 aliphatic heterocycles. The van der Waals surface area contributed by atoms with E-state index in [0.717, 1.165) is 27.3 Å². The molecule has 0 saturated heterocycles. The van der Waals surface area contributed by atoms with Gasteiger partial charge in [0.15, 0.2) is 0 Å². The second-order valence-corrected chi connectivity index (χ2v) is 12.0. The SMILES string of the molecule is CC[C@H](C(=O)NCC(C)C)N(Cc1ccc(C)cc1)C(=O)CN(c1ccccc1C(C)C)S(C)(=O)=O. The number of para-hydroxylation sites is 1. The molecule has 1 atom stereocenters. The zero-order chi connectivity index (χ0) is 27.0. The number of nitrogens with one attached hydrogen (secondary N) is 1. The Hall–Kier alpha value is -2.87. The third-order valence-electron chi connectivity index (χ3n) is 6.05. The van der Waals surface area contributed by atoms with Crippen molar-refractivity contribution >= 4 is 27.5 Å². The molecule has 0 aliphatic carbocycles. The molecule has 198 valence electrons. The molecule has 0 aliphatic rings. The van der Waals surface area contributed by atoms with E-state index < -0.39 is 22.0 Å². The van der Waals surface area contributed by atoms with E-state index in [9.17, 15) is 18.0 Å². The van der Waals surface area contributed by atoms with Gasteiger partial charge in [-0.15, -0.1) is 0 Å². The minimum Gasteiger partial charge on any atom is -0.354 e. The highest BCUT2D eigenvalue weighted by atomic mass is 32.2. The molecular weight excluding hydrogens is 474 g/mol. The molecule has 8 heteroatoms. The van der Waals surface area contributed by atoms with Crippen molar-refractivity contribution in [1.82, 2.24) is 10.2 Å². The van der Waals surface area contributed by atoms with Gasteiger partial charge >= 0.3 is 0 Å². The average molecular weight is 516 g/mol. The van der Waals surface area contributed by atoms with E-state index in [2.05, 4.69) is 5.32 Å². The monoisotopic (exact) mass is 515 g/mol. The lowest BCUT2D eigenvalue weighted by Gasteiger charge is -2.33. The van der Waals surface area contributed by atoms with Gasteiger partial charge in [-0.3, -0.25) is 13.9 Å². The lowest BCUT2D eigenvalue weighted by Crippen LogP contribution is -2.52. The lowest BCUT2D eigenvalue weighted by atomic mass is 10.0. The van der Waals surface area contributed by atoms with Crippen LogP contribution >= 0.6 is 0 Å². The van der Waals surface area contributed by atoms with E-state index in [4.69, 9.17) is 0 Å². The molecule has 7 nitrogen and oxygen atoms in total. The molecule has 2 aromatic carbocycles. The predicted molar refractivity (Wildman–Crippen MR) is 146 cm³/mol. The smallest absolute Gasteiger partial charge is 0.244 e. The van der Waals surface area contributed by atoms with Gasteiger partial charge in [-0.05, 0) is 42.4 Å². The molecule has 0 saturated carbocycles. The second kappa shape index (κ2) is 12.9. The minimum absolute atomic E-state index is 0.0643. The topological polar surface area (TPSA) is 86.8 Å². The first-order valence-electron chi connectivity index (χ1n) is 12.5. The third kappa shape index (κ3) is 8.08. The molecule has 2 rings (SSSR count). The maximum atomic E-state index is 13.8. The van der Waals surface area contributed by atoms with Crippen molar-refractivity contribution in [1.29, 1.82) is 0 Å². The van der Waals surface area contributed by atoms with Gasteiger partial charge in [-0.1, -0.05) is 82.6 Å². The fraction of sp³-hybridized carbons (Fsp3) is 0.500. The van der Waals surface area contributed by atoms with Crippen molar-refractivity contribution in [3.63, 3.8) is 0 Å². The highest BCUT2D eigenvalue weighted by Crippen LogP contribution is 2.29. The highest BCUT2D eigenvalue weighted by Gasteiger charge is 2.32. The number of hydrogen-bond acceptors (Lipinski definition) is 4. The quantitative estimate of drug-likeness (QED) is 0.452. The largest absolute Gasteiger partial charge is 0.354 e. The van der Waals surface area contributed by atoms with Crippen LogP contribution in [0.3, 0.4) is 0 Å². The Labute approximate surface area is 216 Å². The summed E-state index contributed by atoms with van der Waals surface area (Å²) in [4.78, 5) is 28.4. The number of rotatable bonds is 12. The Bertz CT molecular complexity index is 1130. The molecular formula is C28H41N3O4S. The molecule has 0 fully saturated rings. The van der Waals surface area contributed by atoms with Crippen LogP contribution in [0.25, 0.3) is 0 Å². The Morgan fingerprint density at radius 3 is 2.11 bits per heavy atom. The molecule has 1 N–H and O–H groups in total. The van der Waals surface area contributed by atoms with Crippen LogP contribution < -0.4 is 9.62 Å². The first kappa shape index (κ1) is 29.4. The number of carbonyl (C=O) groups is 2. The fourth-order valence-electron chi connectivity index (χ4n) is 4.03. The Kier molecular flexibility index (Phi) is 10.5. The average Bonchev–Trinajstić information content (AvgIpc) is 2.81. The molecule has 2 aromatic rings. The standard InChI is InChI=1S/C28H41N3O4S/c1-8-25(28(33)29-17-20(2)3)30(18-23-15-13-22(6)14-16-23)27(32)19-31(36(7,34)35)26-12-10-9-11-24(26)21(4)5/h9-16,20-21,25H,8,17-19H2,1-7H3,(H,29,33)/t25-/m1/s1. The van der Waals surface area contributed by atoms with Crippen molar-refractivity contribution in [3.05, 3.63) is 65.2 Å². The molecule has 0 bridgehead atoms. The number of nitrogens with zero attached hydrogens (tertiary/aromatic N) is 2. The number of aryl methyl sites for hydroxylation is 1. The second-order valence-electron chi connectivity index (χ2n) is 10.1. The summed E-state index contributed by atoms with van der Waals surface area (Å²) >= 11 is 0. The van der Waals surface area contributed by atoms with Crippen molar-refractivity contribution in [3.8, 4) is 0 Å². The summed E-state index contributed by atoms with van der Waals surface area (Å²) in [6.07, 6.45) is 1.51. The van der Waals surface area contributed by atoms with Crippen LogP contribution in [-0.2, 0) is 26.2 Å². The zero-order valence-electron chi connectivity index (χ0n) is 22.6.